The van der Waals surface area contributed by atoms with E-state index in [4.69, 9.17) is 0 Å². The monoisotopic (exact) mass is 450 g/mol. The van der Waals surface area contributed by atoms with Crippen LogP contribution in [-0.4, -0.2) is 69.5 Å². The van der Waals surface area contributed by atoms with Crippen molar-refractivity contribution in [2.24, 2.45) is 0 Å². The Morgan fingerprint density at radius 3 is 2.50 bits per heavy atom. The lowest BCUT2D eigenvalue weighted by Gasteiger charge is -2.34. The van der Waals surface area contributed by atoms with Gasteiger partial charge in [-0.2, -0.15) is 9.40 Å². The van der Waals surface area contributed by atoms with Crippen molar-refractivity contribution in [3.8, 4) is 5.69 Å². The lowest BCUT2D eigenvalue weighted by molar-refractivity contribution is 0.0698. The molecule has 0 unspecified atom stereocenters. The molecule has 0 saturated carbocycles. The van der Waals surface area contributed by atoms with Gasteiger partial charge in [-0.25, -0.2) is 18.1 Å². The summed E-state index contributed by atoms with van der Waals surface area (Å²) in [6.07, 6.45) is 6.79. The maximum Gasteiger partial charge on any atom is 0.253 e. The van der Waals surface area contributed by atoms with E-state index in [2.05, 4.69) is 15.1 Å². The van der Waals surface area contributed by atoms with Gasteiger partial charge in [0.2, 0.25) is 10.0 Å². The molecule has 1 N–H and O–H groups in total. The van der Waals surface area contributed by atoms with Crippen molar-refractivity contribution in [1.82, 2.24) is 29.0 Å². The van der Waals surface area contributed by atoms with Crippen LogP contribution in [0, 0.1) is 6.92 Å². The van der Waals surface area contributed by atoms with Crippen LogP contribution in [0.25, 0.3) is 16.7 Å². The van der Waals surface area contributed by atoms with Gasteiger partial charge < -0.3 is 9.88 Å². The quantitative estimate of drug-likeness (QED) is 0.513. The fourth-order valence-corrected chi connectivity index (χ4v) is 5.48. The van der Waals surface area contributed by atoms with Crippen molar-refractivity contribution in [2.75, 3.05) is 26.2 Å². The zero-order valence-corrected chi connectivity index (χ0v) is 18.3. The van der Waals surface area contributed by atoms with E-state index in [1.807, 2.05) is 25.3 Å². The van der Waals surface area contributed by atoms with E-state index in [0.29, 0.717) is 29.7 Å². The van der Waals surface area contributed by atoms with Crippen LogP contribution < -0.4 is 0 Å². The van der Waals surface area contributed by atoms with E-state index >= 15 is 0 Å². The summed E-state index contributed by atoms with van der Waals surface area (Å²) in [5.41, 5.74) is 3.03. The second-order valence-electron chi connectivity index (χ2n) is 7.76. The average molecular weight is 451 g/mol. The first-order valence-corrected chi connectivity index (χ1v) is 11.7. The third kappa shape index (κ3) is 3.57. The third-order valence-electron chi connectivity index (χ3n) is 5.65. The van der Waals surface area contributed by atoms with Crippen molar-refractivity contribution in [3.63, 3.8) is 0 Å². The summed E-state index contributed by atoms with van der Waals surface area (Å²) in [6.45, 7) is 3.12. The second kappa shape index (κ2) is 7.88. The third-order valence-corrected chi connectivity index (χ3v) is 7.59. The molecule has 1 fully saturated rings. The molecule has 1 aromatic carbocycles. The first kappa shape index (κ1) is 20.4. The highest BCUT2D eigenvalue weighted by Crippen LogP contribution is 2.25. The second-order valence-corrected chi connectivity index (χ2v) is 9.66. The average Bonchev–Trinajstić information content (AvgIpc) is 3.45. The van der Waals surface area contributed by atoms with Gasteiger partial charge in [-0.1, -0.05) is 0 Å². The lowest BCUT2D eigenvalue weighted by atomic mass is 10.1. The van der Waals surface area contributed by atoms with Crippen LogP contribution in [0.4, 0.5) is 0 Å². The van der Waals surface area contributed by atoms with Crippen LogP contribution in [0.3, 0.4) is 0 Å². The van der Waals surface area contributed by atoms with Crippen molar-refractivity contribution in [1.29, 1.82) is 0 Å². The number of H-pyrrole nitrogens is 1. The van der Waals surface area contributed by atoms with E-state index < -0.39 is 10.0 Å². The molecule has 0 atom stereocenters. The SMILES string of the molecule is Cc1cnn(-c2ccc(C(=O)N3CCN(S(=O)(=O)c4c[nH]c5ncccc45)CC3)cc2)c1. The molecule has 0 radical (unpaired) electrons. The topological polar surface area (TPSA) is 104 Å². The summed E-state index contributed by atoms with van der Waals surface area (Å²) < 4.78 is 29.5. The molecule has 9 nitrogen and oxygen atoms in total. The smallest absolute Gasteiger partial charge is 0.253 e. The number of nitrogens with zero attached hydrogens (tertiary/aromatic N) is 5. The van der Waals surface area contributed by atoms with Crippen LogP contribution in [-0.2, 0) is 10.0 Å². The minimum Gasteiger partial charge on any atom is -0.345 e. The molecule has 0 spiro atoms. The molecule has 1 aliphatic heterocycles. The molecule has 0 aliphatic carbocycles. The van der Waals surface area contributed by atoms with Gasteiger partial charge in [0.1, 0.15) is 10.5 Å². The van der Waals surface area contributed by atoms with Crippen LogP contribution in [0.15, 0.2) is 66.1 Å². The van der Waals surface area contributed by atoms with Gasteiger partial charge in [0, 0.05) is 55.7 Å². The fraction of sp³-hybridized carbons (Fsp3) is 0.227. The molecule has 164 valence electrons. The molecular weight excluding hydrogens is 428 g/mol. The van der Waals surface area contributed by atoms with E-state index in [1.54, 1.807) is 46.2 Å². The summed E-state index contributed by atoms with van der Waals surface area (Å²) in [5.74, 6) is -0.110. The zero-order valence-electron chi connectivity index (χ0n) is 17.5. The van der Waals surface area contributed by atoms with Gasteiger partial charge >= 0.3 is 0 Å². The maximum absolute atomic E-state index is 13.1. The standard InChI is InChI=1S/C22H22N6O3S/c1-16-13-25-28(15-16)18-6-4-17(5-7-18)22(29)26-9-11-27(12-10-26)32(30,31)20-14-24-21-19(20)3-2-8-23-21/h2-8,13-15H,9-12H2,1H3,(H,23,24). The highest BCUT2D eigenvalue weighted by Gasteiger charge is 2.32. The summed E-state index contributed by atoms with van der Waals surface area (Å²) >= 11 is 0. The van der Waals surface area contributed by atoms with Crippen molar-refractivity contribution >= 4 is 27.0 Å². The molecule has 4 aromatic rings. The predicted octanol–water partition coefficient (Wildman–Crippen LogP) is 2.20. The summed E-state index contributed by atoms with van der Waals surface area (Å²) in [4.78, 5) is 21.9. The number of hydrogen-bond donors (Lipinski definition) is 1. The molecule has 1 amide bonds. The molecule has 4 heterocycles. The first-order chi connectivity index (χ1) is 15.4. The number of pyridine rings is 1. The lowest BCUT2D eigenvalue weighted by Crippen LogP contribution is -2.50. The van der Waals surface area contributed by atoms with E-state index in [-0.39, 0.29) is 23.9 Å². The Labute approximate surface area is 185 Å². The molecule has 10 heteroatoms. The van der Waals surface area contributed by atoms with Gasteiger partial charge in [0.15, 0.2) is 0 Å². The molecule has 1 aliphatic rings. The highest BCUT2D eigenvalue weighted by atomic mass is 32.2. The van der Waals surface area contributed by atoms with Crippen molar-refractivity contribution in [3.05, 3.63) is 72.3 Å². The minimum absolute atomic E-state index is 0.110. The number of sulfonamides is 1. The number of fused-ring (bicyclic) bond motifs is 1. The Hall–Kier alpha value is -3.50. The number of aromatic amines is 1. The first-order valence-electron chi connectivity index (χ1n) is 10.3. The number of hydrogen-bond acceptors (Lipinski definition) is 5. The zero-order chi connectivity index (χ0) is 22.3. The molecule has 1 saturated heterocycles. The van der Waals surface area contributed by atoms with Gasteiger partial charge in [-0.3, -0.25) is 4.79 Å². The van der Waals surface area contributed by atoms with Crippen LogP contribution in [0.5, 0.6) is 0 Å². The van der Waals surface area contributed by atoms with Crippen molar-refractivity contribution < 1.29 is 13.2 Å². The normalized spacial score (nSPS) is 15.3. The number of aryl methyl sites for hydroxylation is 1. The Morgan fingerprint density at radius 2 is 1.81 bits per heavy atom. The van der Waals surface area contributed by atoms with E-state index in [1.165, 1.54) is 10.5 Å². The predicted molar refractivity (Wildman–Crippen MR) is 119 cm³/mol. The molecule has 5 rings (SSSR count). The van der Waals surface area contributed by atoms with Crippen LogP contribution in [0.1, 0.15) is 15.9 Å². The Balaban J connectivity index is 1.27. The largest absolute Gasteiger partial charge is 0.345 e. The number of aromatic nitrogens is 4. The summed E-state index contributed by atoms with van der Waals surface area (Å²) in [7, 11) is -3.68. The van der Waals surface area contributed by atoms with Gasteiger partial charge in [0.25, 0.3) is 5.91 Å². The van der Waals surface area contributed by atoms with Gasteiger partial charge in [-0.05, 0) is 48.9 Å². The van der Waals surface area contributed by atoms with Crippen molar-refractivity contribution in [2.45, 2.75) is 11.8 Å². The van der Waals surface area contributed by atoms with E-state index in [9.17, 15) is 13.2 Å². The van der Waals surface area contributed by atoms with Crippen LogP contribution >= 0.6 is 0 Å². The van der Waals surface area contributed by atoms with Crippen LogP contribution in [0.2, 0.25) is 0 Å². The maximum atomic E-state index is 13.1. The Kier molecular flexibility index (Phi) is 5.03. The molecule has 3 aromatic heterocycles. The summed E-state index contributed by atoms with van der Waals surface area (Å²) in [6, 6.07) is 10.7. The summed E-state index contributed by atoms with van der Waals surface area (Å²) in [5, 5.41) is 4.84. The number of amides is 1. The number of rotatable bonds is 4. The molecule has 32 heavy (non-hydrogen) atoms. The van der Waals surface area contributed by atoms with Gasteiger partial charge in [0.05, 0.1) is 11.9 Å². The highest BCUT2D eigenvalue weighted by molar-refractivity contribution is 7.89. The fourth-order valence-electron chi connectivity index (χ4n) is 3.91. The molecule has 0 bridgehead atoms. The minimum atomic E-state index is -3.68. The molecular formula is C22H22N6O3S. The number of piperazine rings is 1. The number of carbonyl (C=O) groups excluding carboxylic acids is 1. The van der Waals surface area contributed by atoms with E-state index in [0.717, 1.165) is 11.3 Å². The van der Waals surface area contributed by atoms with Gasteiger partial charge in [-0.15, -0.1) is 0 Å². The Morgan fingerprint density at radius 1 is 1.06 bits per heavy atom. The Bertz CT molecular complexity index is 1380. The number of benzene rings is 1. The number of nitrogens with one attached hydrogen (secondary N) is 1. The number of carbonyl (C=O) groups is 1.